The lowest BCUT2D eigenvalue weighted by molar-refractivity contribution is -0.138. The number of benzene rings is 6. The molecule has 0 aromatic heterocycles. The van der Waals surface area contributed by atoms with Crippen LogP contribution >= 0.6 is 15.9 Å². The zero-order chi connectivity index (χ0) is 29.6. The number of alkyl halides is 3. The van der Waals surface area contributed by atoms with Crippen LogP contribution in [-0.4, -0.2) is 0 Å². The van der Waals surface area contributed by atoms with Gasteiger partial charge < -0.3 is 0 Å². The molecule has 4 heteroatoms. The maximum absolute atomic E-state index is 14.5. The third-order valence-corrected chi connectivity index (χ3v) is 8.79. The highest BCUT2D eigenvalue weighted by Gasteiger charge is 2.36. The summed E-state index contributed by atoms with van der Waals surface area (Å²) in [7, 11) is 0. The molecule has 0 radical (unpaired) electrons. The second-order valence-corrected chi connectivity index (χ2v) is 11.8. The van der Waals surface area contributed by atoms with Gasteiger partial charge in [0.15, 0.2) is 0 Å². The second-order valence-electron chi connectivity index (χ2n) is 10.9. The third kappa shape index (κ3) is 5.00. The molecule has 0 amide bonds. The van der Waals surface area contributed by atoms with Gasteiger partial charge in [0.25, 0.3) is 0 Å². The maximum Gasteiger partial charge on any atom is 0.416 e. The van der Waals surface area contributed by atoms with E-state index in [1.807, 2.05) is 66.7 Å². The average molecular weight is 632 g/mol. The van der Waals surface area contributed by atoms with Crippen LogP contribution < -0.4 is 0 Å². The van der Waals surface area contributed by atoms with Crippen molar-refractivity contribution >= 4 is 15.9 Å². The van der Waals surface area contributed by atoms with Gasteiger partial charge in [-0.15, -0.1) is 0 Å². The number of hydrogen-bond donors (Lipinski definition) is 0. The SMILES string of the molecule is FC(F)(F)c1cc(Br)ccc1Cc1c2c(c(-c3ccccc3)c(-c3ccccc3)c1-c1ccccc1)Cc1ccccc1-2. The van der Waals surface area contributed by atoms with Crippen LogP contribution in [0, 0.1) is 0 Å². The first-order valence-corrected chi connectivity index (χ1v) is 15.0. The van der Waals surface area contributed by atoms with Crippen molar-refractivity contribution in [3.8, 4) is 44.5 Å². The van der Waals surface area contributed by atoms with Crippen LogP contribution in [0.5, 0.6) is 0 Å². The molecule has 0 unspecified atom stereocenters. The van der Waals surface area contributed by atoms with Crippen molar-refractivity contribution in [1.29, 1.82) is 0 Å². The first-order valence-electron chi connectivity index (χ1n) is 14.2. The van der Waals surface area contributed by atoms with Gasteiger partial charge in [-0.25, -0.2) is 0 Å². The summed E-state index contributed by atoms with van der Waals surface area (Å²) in [6, 6.07) is 43.6. The lowest BCUT2D eigenvalue weighted by Gasteiger charge is -2.26. The first kappa shape index (κ1) is 27.4. The molecule has 0 N–H and O–H groups in total. The minimum Gasteiger partial charge on any atom is -0.166 e. The fourth-order valence-corrected chi connectivity index (χ4v) is 6.90. The zero-order valence-corrected chi connectivity index (χ0v) is 24.7. The van der Waals surface area contributed by atoms with Crippen molar-refractivity contribution < 1.29 is 13.2 Å². The van der Waals surface area contributed by atoms with E-state index in [0.717, 1.165) is 55.6 Å². The van der Waals surface area contributed by atoms with E-state index in [1.54, 1.807) is 12.1 Å². The van der Waals surface area contributed by atoms with Crippen LogP contribution in [0.3, 0.4) is 0 Å². The van der Waals surface area contributed by atoms with E-state index in [9.17, 15) is 13.2 Å². The number of rotatable bonds is 5. The lowest BCUT2D eigenvalue weighted by atomic mass is 9.77. The van der Waals surface area contributed by atoms with E-state index in [4.69, 9.17) is 0 Å². The Labute approximate surface area is 257 Å². The van der Waals surface area contributed by atoms with Gasteiger partial charge in [-0.1, -0.05) is 137 Å². The molecule has 210 valence electrons. The van der Waals surface area contributed by atoms with E-state index in [1.165, 1.54) is 11.6 Å². The van der Waals surface area contributed by atoms with Crippen molar-refractivity contribution in [3.63, 3.8) is 0 Å². The van der Waals surface area contributed by atoms with Crippen LogP contribution in [-0.2, 0) is 19.0 Å². The Morgan fingerprint density at radius 1 is 0.558 bits per heavy atom. The Balaban J connectivity index is 1.66. The van der Waals surface area contributed by atoms with Crippen molar-refractivity contribution in [1.82, 2.24) is 0 Å². The van der Waals surface area contributed by atoms with Gasteiger partial charge in [-0.2, -0.15) is 13.2 Å². The summed E-state index contributed by atoms with van der Waals surface area (Å²) >= 11 is 3.27. The number of hydrogen-bond acceptors (Lipinski definition) is 0. The predicted octanol–water partition coefficient (Wildman–Crippen LogP) is 11.6. The van der Waals surface area contributed by atoms with Crippen molar-refractivity contribution in [2.24, 2.45) is 0 Å². The molecule has 0 heterocycles. The van der Waals surface area contributed by atoms with Gasteiger partial charge in [0.1, 0.15) is 0 Å². The highest BCUT2D eigenvalue weighted by atomic mass is 79.9. The number of fused-ring (bicyclic) bond motifs is 3. The van der Waals surface area contributed by atoms with Crippen molar-refractivity contribution in [3.05, 3.63) is 166 Å². The molecule has 6 aromatic carbocycles. The molecular formula is C39H26BrF3. The molecule has 0 fully saturated rings. The summed E-state index contributed by atoms with van der Waals surface area (Å²) < 4.78 is 43.8. The molecule has 1 aliphatic carbocycles. The fraction of sp³-hybridized carbons (Fsp3) is 0.0769. The van der Waals surface area contributed by atoms with Crippen molar-refractivity contribution in [2.75, 3.05) is 0 Å². The van der Waals surface area contributed by atoms with E-state index < -0.39 is 11.7 Å². The minimum atomic E-state index is -4.49. The topological polar surface area (TPSA) is 0 Å². The standard InChI is InChI=1S/C39H26BrF3/c40-30-21-20-29(34(24-30)39(41,42)43)23-33-36(26-14-6-2-7-15-26)37(27-16-8-3-9-17-27)35(25-12-4-1-5-13-25)32-22-28-18-10-11-19-31(28)38(32)33/h1-21,24H,22-23H2. The molecule has 0 aliphatic heterocycles. The Kier molecular flexibility index (Phi) is 7.03. The third-order valence-electron chi connectivity index (χ3n) is 8.29. The summed E-state index contributed by atoms with van der Waals surface area (Å²) in [6.45, 7) is 0. The van der Waals surface area contributed by atoms with Crippen LogP contribution in [0.4, 0.5) is 13.2 Å². The highest BCUT2D eigenvalue weighted by Crippen LogP contribution is 2.53. The Morgan fingerprint density at radius 2 is 1.09 bits per heavy atom. The summed E-state index contributed by atoms with van der Waals surface area (Å²) in [6.07, 6.45) is -3.64. The Bertz CT molecular complexity index is 1940. The molecule has 0 bridgehead atoms. The Hall–Kier alpha value is -4.41. The monoisotopic (exact) mass is 630 g/mol. The molecule has 7 rings (SSSR count). The fourth-order valence-electron chi connectivity index (χ4n) is 6.54. The van der Waals surface area contributed by atoms with E-state index in [-0.39, 0.29) is 12.0 Å². The van der Waals surface area contributed by atoms with Gasteiger partial charge in [-0.05, 0) is 91.7 Å². The molecule has 1 aliphatic rings. The molecule has 0 nitrogen and oxygen atoms in total. The van der Waals surface area contributed by atoms with Crippen LogP contribution in [0.25, 0.3) is 44.5 Å². The summed E-state index contributed by atoms with van der Waals surface area (Å²) in [5.41, 5.74) is 11.3. The highest BCUT2D eigenvalue weighted by molar-refractivity contribution is 9.10. The van der Waals surface area contributed by atoms with E-state index in [0.29, 0.717) is 10.9 Å². The molecule has 0 saturated heterocycles. The average Bonchev–Trinajstić information content (AvgIpc) is 3.42. The summed E-state index contributed by atoms with van der Waals surface area (Å²) in [5, 5.41) is 0. The number of halogens is 4. The minimum absolute atomic E-state index is 0.137. The van der Waals surface area contributed by atoms with E-state index in [2.05, 4.69) is 64.5 Å². The summed E-state index contributed by atoms with van der Waals surface area (Å²) in [5.74, 6) is 0. The maximum atomic E-state index is 14.5. The van der Waals surface area contributed by atoms with Crippen LogP contribution in [0.15, 0.2) is 138 Å². The van der Waals surface area contributed by atoms with Gasteiger partial charge in [0.05, 0.1) is 5.56 Å². The molecule has 0 saturated carbocycles. The van der Waals surface area contributed by atoms with E-state index >= 15 is 0 Å². The molecule has 0 atom stereocenters. The first-order chi connectivity index (χ1) is 20.9. The summed E-state index contributed by atoms with van der Waals surface area (Å²) in [4.78, 5) is 0. The van der Waals surface area contributed by atoms with Gasteiger partial charge in [0.2, 0.25) is 0 Å². The lowest BCUT2D eigenvalue weighted by Crippen LogP contribution is -2.11. The molecule has 0 spiro atoms. The van der Waals surface area contributed by atoms with Crippen molar-refractivity contribution in [2.45, 2.75) is 19.0 Å². The van der Waals surface area contributed by atoms with Crippen LogP contribution in [0.1, 0.15) is 27.8 Å². The second kappa shape index (κ2) is 11.0. The quantitative estimate of drug-likeness (QED) is 0.177. The zero-order valence-electron chi connectivity index (χ0n) is 23.1. The normalized spacial score (nSPS) is 12.2. The molecule has 6 aromatic rings. The smallest absolute Gasteiger partial charge is 0.166 e. The molecular weight excluding hydrogens is 605 g/mol. The largest absolute Gasteiger partial charge is 0.416 e. The van der Waals surface area contributed by atoms with Crippen LogP contribution in [0.2, 0.25) is 0 Å². The predicted molar refractivity (Wildman–Crippen MR) is 173 cm³/mol. The van der Waals surface area contributed by atoms with Gasteiger partial charge >= 0.3 is 6.18 Å². The Morgan fingerprint density at radius 3 is 1.70 bits per heavy atom. The van der Waals surface area contributed by atoms with Gasteiger partial charge in [-0.3, -0.25) is 0 Å². The van der Waals surface area contributed by atoms with Gasteiger partial charge in [0, 0.05) is 4.47 Å². The molecule has 43 heavy (non-hydrogen) atoms.